The molecule has 0 aliphatic heterocycles. The molecule has 0 unspecified atom stereocenters. The number of ether oxygens (including phenoxy) is 1. The second-order valence-corrected chi connectivity index (χ2v) is 6.91. The van der Waals surface area contributed by atoms with Crippen LogP contribution in [0.3, 0.4) is 0 Å². The van der Waals surface area contributed by atoms with E-state index in [0.29, 0.717) is 17.8 Å². The lowest BCUT2D eigenvalue weighted by Crippen LogP contribution is -2.39. The van der Waals surface area contributed by atoms with Crippen LogP contribution < -0.4 is 16.0 Å². The highest BCUT2D eigenvalue weighted by atomic mass is 16.5. The van der Waals surface area contributed by atoms with Crippen LogP contribution in [-0.2, 0) is 16.1 Å². The molecule has 156 valence electrons. The van der Waals surface area contributed by atoms with Crippen LogP contribution in [0, 0.1) is 11.3 Å². The van der Waals surface area contributed by atoms with Gasteiger partial charge in [-0.15, -0.1) is 0 Å². The third-order valence-electron chi connectivity index (χ3n) is 3.97. The van der Waals surface area contributed by atoms with Crippen LogP contribution in [-0.4, -0.2) is 30.1 Å². The topological polar surface area (TPSA) is 120 Å². The van der Waals surface area contributed by atoms with E-state index >= 15 is 0 Å². The number of urea groups is 1. The van der Waals surface area contributed by atoms with Crippen molar-refractivity contribution < 1.29 is 19.1 Å². The van der Waals surface area contributed by atoms with Crippen molar-refractivity contribution in [2.45, 2.75) is 39.5 Å². The van der Waals surface area contributed by atoms with E-state index < -0.39 is 18.0 Å². The molecule has 30 heavy (non-hydrogen) atoms. The number of carbonyl (C=O) groups is 3. The lowest BCUT2D eigenvalue weighted by atomic mass is 10.1. The van der Waals surface area contributed by atoms with Gasteiger partial charge in [0.2, 0.25) is 0 Å². The van der Waals surface area contributed by atoms with Gasteiger partial charge < -0.3 is 20.7 Å². The van der Waals surface area contributed by atoms with Crippen LogP contribution in [0.25, 0.3) is 0 Å². The van der Waals surface area contributed by atoms with Gasteiger partial charge in [0, 0.05) is 18.3 Å². The van der Waals surface area contributed by atoms with Crippen molar-refractivity contribution in [1.82, 2.24) is 10.6 Å². The SMILES string of the molecule is CC(C)NC(=O)NCc1ccc(C(=O)O[C@H](C)C(=O)Nc2cccc(C#N)c2)cc1. The molecule has 0 aliphatic rings. The predicted molar refractivity (Wildman–Crippen MR) is 112 cm³/mol. The van der Waals surface area contributed by atoms with Gasteiger partial charge in [0.15, 0.2) is 6.10 Å². The lowest BCUT2D eigenvalue weighted by Gasteiger charge is -2.14. The summed E-state index contributed by atoms with van der Waals surface area (Å²) in [6, 6.07) is 14.7. The third kappa shape index (κ3) is 6.95. The molecule has 0 saturated heterocycles. The zero-order chi connectivity index (χ0) is 22.1. The minimum absolute atomic E-state index is 0.0385. The van der Waals surface area contributed by atoms with Gasteiger partial charge in [0.05, 0.1) is 17.2 Å². The summed E-state index contributed by atoms with van der Waals surface area (Å²) in [5.74, 6) is -1.14. The molecule has 2 rings (SSSR count). The number of anilines is 1. The number of nitrogens with one attached hydrogen (secondary N) is 3. The van der Waals surface area contributed by atoms with E-state index in [-0.39, 0.29) is 17.6 Å². The van der Waals surface area contributed by atoms with Crippen molar-refractivity contribution in [1.29, 1.82) is 5.26 Å². The summed E-state index contributed by atoms with van der Waals surface area (Å²) in [4.78, 5) is 36.1. The van der Waals surface area contributed by atoms with Gasteiger partial charge in [0.1, 0.15) is 0 Å². The predicted octanol–water partition coefficient (Wildman–Crippen LogP) is 2.95. The molecule has 3 N–H and O–H groups in total. The van der Waals surface area contributed by atoms with Gasteiger partial charge in [-0.2, -0.15) is 5.26 Å². The minimum atomic E-state index is -1.02. The number of esters is 1. The first kappa shape index (κ1) is 22.4. The normalized spacial score (nSPS) is 11.2. The Bertz CT molecular complexity index is 948. The fourth-order valence-electron chi connectivity index (χ4n) is 2.45. The van der Waals surface area contributed by atoms with E-state index in [1.807, 2.05) is 19.9 Å². The van der Waals surface area contributed by atoms with E-state index in [1.165, 1.54) is 13.0 Å². The molecule has 0 radical (unpaired) electrons. The van der Waals surface area contributed by atoms with E-state index in [2.05, 4.69) is 16.0 Å². The fourth-order valence-corrected chi connectivity index (χ4v) is 2.45. The van der Waals surface area contributed by atoms with Gasteiger partial charge in [-0.05, 0) is 56.7 Å². The standard InChI is InChI=1S/C22H24N4O4/c1-14(2)25-22(29)24-13-16-7-9-18(10-8-16)21(28)30-15(3)20(27)26-19-6-4-5-17(11-19)12-23/h4-11,14-15H,13H2,1-3H3,(H,26,27)(H2,24,25,29)/t15-/m1/s1. The second-order valence-electron chi connectivity index (χ2n) is 6.91. The Morgan fingerprint density at radius 2 is 1.77 bits per heavy atom. The highest BCUT2D eigenvalue weighted by molar-refractivity contribution is 5.97. The molecule has 2 aromatic carbocycles. The Kier molecular flexibility index (Phi) is 7.94. The molecule has 0 spiro atoms. The van der Waals surface area contributed by atoms with Crippen molar-refractivity contribution in [3.8, 4) is 6.07 Å². The molecule has 0 aromatic heterocycles. The smallest absolute Gasteiger partial charge is 0.338 e. The summed E-state index contributed by atoms with van der Waals surface area (Å²) in [7, 11) is 0. The monoisotopic (exact) mass is 408 g/mol. The molecule has 0 saturated carbocycles. The Hall–Kier alpha value is -3.86. The number of nitrogens with zero attached hydrogens (tertiary/aromatic N) is 1. The molecule has 3 amide bonds. The molecule has 0 heterocycles. The number of amides is 3. The van der Waals surface area contributed by atoms with E-state index in [0.717, 1.165) is 5.56 Å². The Balaban J connectivity index is 1.87. The summed E-state index contributed by atoms with van der Waals surface area (Å²) < 4.78 is 5.21. The average molecular weight is 408 g/mol. The molecule has 2 aromatic rings. The van der Waals surface area contributed by atoms with Crippen LogP contribution in [0.5, 0.6) is 0 Å². The zero-order valence-electron chi connectivity index (χ0n) is 17.1. The molecule has 8 nitrogen and oxygen atoms in total. The van der Waals surface area contributed by atoms with Crippen molar-refractivity contribution in [2.75, 3.05) is 5.32 Å². The summed E-state index contributed by atoms with van der Waals surface area (Å²) in [6.07, 6.45) is -1.02. The van der Waals surface area contributed by atoms with Gasteiger partial charge in [-0.1, -0.05) is 18.2 Å². The Labute approximate surface area is 175 Å². The fraction of sp³-hybridized carbons (Fsp3) is 0.273. The average Bonchev–Trinajstić information content (AvgIpc) is 2.72. The van der Waals surface area contributed by atoms with Crippen LogP contribution >= 0.6 is 0 Å². The van der Waals surface area contributed by atoms with E-state index in [9.17, 15) is 14.4 Å². The number of hydrogen-bond donors (Lipinski definition) is 3. The van der Waals surface area contributed by atoms with Crippen LogP contribution in [0.15, 0.2) is 48.5 Å². The van der Waals surface area contributed by atoms with Gasteiger partial charge in [-0.25, -0.2) is 9.59 Å². The maximum absolute atomic E-state index is 12.3. The highest BCUT2D eigenvalue weighted by Gasteiger charge is 2.19. The zero-order valence-corrected chi connectivity index (χ0v) is 17.1. The van der Waals surface area contributed by atoms with Gasteiger partial charge in [-0.3, -0.25) is 4.79 Å². The van der Waals surface area contributed by atoms with Crippen LogP contribution in [0.2, 0.25) is 0 Å². The first-order valence-corrected chi connectivity index (χ1v) is 9.44. The molecule has 0 fully saturated rings. The first-order valence-electron chi connectivity index (χ1n) is 9.44. The first-order chi connectivity index (χ1) is 14.3. The number of hydrogen-bond acceptors (Lipinski definition) is 5. The molecule has 0 bridgehead atoms. The summed E-state index contributed by atoms with van der Waals surface area (Å²) >= 11 is 0. The van der Waals surface area contributed by atoms with Crippen LogP contribution in [0.4, 0.5) is 10.5 Å². The number of rotatable bonds is 7. The molecular formula is C22H24N4O4. The van der Waals surface area contributed by atoms with E-state index in [1.54, 1.807) is 42.5 Å². The van der Waals surface area contributed by atoms with Crippen molar-refractivity contribution in [3.05, 3.63) is 65.2 Å². The number of benzene rings is 2. The van der Waals surface area contributed by atoms with Gasteiger partial charge >= 0.3 is 12.0 Å². The molecule has 1 atom stereocenters. The largest absolute Gasteiger partial charge is 0.449 e. The maximum Gasteiger partial charge on any atom is 0.338 e. The summed E-state index contributed by atoms with van der Waals surface area (Å²) in [5, 5.41) is 17.0. The Morgan fingerprint density at radius 3 is 2.40 bits per heavy atom. The van der Waals surface area contributed by atoms with E-state index in [4.69, 9.17) is 10.00 Å². The van der Waals surface area contributed by atoms with Crippen LogP contribution in [0.1, 0.15) is 42.3 Å². The summed E-state index contributed by atoms with van der Waals surface area (Å²) in [6.45, 7) is 5.51. The lowest BCUT2D eigenvalue weighted by molar-refractivity contribution is -0.123. The molecule has 8 heteroatoms. The quantitative estimate of drug-likeness (QED) is 0.608. The van der Waals surface area contributed by atoms with Crippen molar-refractivity contribution in [3.63, 3.8) is 0 Å². The second kappa shape index (κ2) is 10.6. The third-order valence-corrected chi connectivity index (χ3v) is 3.97. The minimum Gasteiger partial charge on any atom is -0.449 e. The molecule has 0 aliphatic carbocycles. The van der Waals surface area contributed by atoms with Crippen molar-refractivity contribution in [2.24, 2.45) is 0 Å². The van der Waals surface area contributed by atoms with Crippen molar-refractivity contribution >= 4 is 23.6 Å². The maximum atomic E-state index is 12.3. The highest BCUT2D eigenvalue weighted by Crippen LogP contribution is 2.12. The molecular weight excluding hydrogens is 384 g/mol. The number of carbonyl (C=O) groups excluding carboxylic acids is 3. The Morgan fingerprint density at radius 1 is 1.07 bits per heavy atom. The number of nitriles is 1. The summed E-state index contributed by atoms with van der Waals surface area (Å²) in [5.41, 5.74) is 1.96. The van der Waals surface area contributed by atoms with Gasteiger partial charge in [0.25, 0.3) is 5.91 Å².